The normalized spacial score (nSPS) is 17.1. The van der Waals surface area contributed by atoms with E-state index in [4.69, 9.17) is 4.98 Å². The first-order valence-corrected chi connectivity index (χ1v) is 9.49. The van der Waals surface area contributed by atoms with Gasteiger partial charge in [-0.1, -0.05) is 28.1 Å². The van der Waals surface area contributed by atoms with Crippen molar-refractivity contribution in [3.05, 3.63) is 69.3 Å². The summed E-state index contributed by atoms with van der Waals surface area (Å²) in [5, 5.41) is 3.54. The zero-order chi connectivity index (χ0) is 18.8. The van der Waals surface area contributed by atoms with E-state index in [1.165, 1.54) is 18.0 Å². The predicted molar refractivity (Wildman–Crippen MR) is 108 cm³/mol. The second-order valence-corrected chi connectivity index (χ2v) is 7.35. The van der Waals surface area contributed by atoms with Crippen molar-refractivity contribution in [2.75, 3.05) is 24.5 Å². The standard InChI is InChI=1S/C19H19BrN6O/c1-25-18(27)10-16(15-6-7-21-12-23-15)24-19(25)26-9-8-22-17(11-26)13-2-4-14(20)5-3-13/h2-7,10,12,17,22H,8-9,11H2,1H3. The van der Waals surface area contributed by atoms with Crippen LogP contribution in [-0.2, 0) is 7.05 Å². The number of hydrogen-bond acceptors (Lipinski definition) is 6. The molecule has 0 aliphatic carbocycles. The lowest BCUT2D eigenvalue weighted by Gasteiger charge is -2.35. The number of nitrogens with zero attached hydrogens (tertiary/aromatic N) is 5. The summed E-state index contributed by atoms with van der Waals surface area (Å²) >= 11 is 3.48. The van der Waals surface area contributed by atoms with Gasteiger partial charge in [0.15, 0.2) is 0 Å². The van der Waals surface area contributed by atoms with Gasteiger partial charge < -0.3 is 10.2 Å². The molecule has 3 heterocycles. The number of rotatable bonds is 3. The Morgan fingerprint density at radius 1 is 1.19 bits per heavy atom. The predicted octanol–water partition coefficient (Wildman–Crippen LogP) is 2.15. The third kappa shape index (κ3) is 3.77. The molecule has 1 N–H and O–H groups in total. The maximum Gasteiger partial charge on any atom is 0.255 e. The van der Waals surface area contributed by atoms with E-state index in [1.54, 1.807) is 23.9 Å². The van der Waals surface area contributed by atoms with E-state index in [0.717, 1.165) is 24.1 Å². The second kappa shape index (κ2) is 7.58. The highest BCUT2D eigenvalue weighted by atomic mass is 79.9. The highest BCUT2D eigenvalue weighted by molar-refractivity contribution is 9.10. The van der Waals surface area contributed by atoms with Gasteiger partial charge >= 0.3 is 0 Å². The molecule has 8 heteroatoms. The van der Waals surface area contributed by atoms with Gasteiger partial charge in [0.25, 0.3) is 5.56 Å². The van der Waals surface area contributed by atoms with E-state index < -0.39 is 0 Å². The minimum atomic E-state index is -0.104. The molecule has 1 aliphatic heterocycles. The molecule has 1 unspecified atom stereocenters. The molecule has 138 valence electrons. The summed E-state index contributed by atoms with van der Waals surface area (Å²) in [6.45, 7) is 2.32. The topological polar surface area (TPSA) is 75.9 Å². The van der Waals surface area contributed by atoms with Crippen molar-refractivity contribution < 1.29 is 0 Å². The molecule has 0 bridgehead atoms. The lowest BCUT2D eigenvalue weighted by molar-refractivity contribution is 0.462. The molecular weight excluding hydrogens is 408 g/mol. The quantitative estimate of drug-likeness (QED) is 0.691. The van der Waals surface area contributed by atoms with Gasteiger partial charge in [-0.15, -0.1) is 0 Å². The lowest BCUT2D eigenvalue weighted by Crippen LogP contribution is -2.47. The number of aromatic nitrogens is 4. The number of anilines is 1. The van der Waals surface area contributed by atoms with Crippen LogP contribution in [0.15, 0.2) is 58.2 Å². The van der Waals surface area contributed by atoms with Crippen molar-refractivity contribution in [3.8, 4) is 11.4 Å². The fraction of sp³-hybridized carbons (Fsp3) is 0.263. The first-order valence-electron chi connectivity index (χ1n) is 8.70. The van der Waals surface area contributed by atoms with Gasteiger partial charge in [0.2, 0.25) is 5.95 Å². The molecule has 1 saturated heterocycles. The van der Waals surface area contributed by atoms with Gasteiger partial charge in [-0.2, -0.15) is 0 Å². The van der Waals surface area contributed by atoms with Gasteiger partial charge in [-0.3, -0.25) is 9.36 Å². The molecule has 7 nitrogen and oxygen atoms in total. The Morgan fingerprint density at radius 2 is 2.00 bits per heavy atom. The van der Waals surface area contributed by atoms with Crippen molar-refractivity contribution in [2.45, 2.75) is 6.04 Å². The third-order valence-electron chi connectivity index (χ3n) is 4.69. The average Bonchev–Trinajstić information content (AvgIpc) is 2.71. The summed E-state index contributed by atoms with van der Waals surface area (Å²) < 4.78 is 2.65. The van der Waals surface area contributed by atoms with Gasteiger partial charge in [0.05, 0.1) is 11.4 Å². The first kappa shape index (κ1) is 17.8. The zero-order valence-corrected chi connectivity index (χ0v) is 16.4. The fourth-order valence-electron chi connectivity index (χ4n) is 3.23. The maximum atomic E-state index is 12.5. The zero-order valence-electron chi connectivity index (χ0n) is 14.8. The average molecular weight is 427 g/mol. The molecule has 2 aromatic heterocycles. The molecule has 1 aliphatic rings. The van der Waals surface area contributed by atoms with Crippen LogP contribution in [0.1, 0.15) is 11.6 Å². The molecule has 27 heavy (non-hydrogen) atoms. The summed E-state index contributed by atoms with van der Waals surface area (Å²) in [6.07, 6.45) is 3.11. The van der Waals surface area contributed by atoms with Crippen LogP contribution in [0.2, 0.25) is 0 Å². The highest BCUT2D eigenvalue weighted by Gasteiger charge is 2.24. The smallest absolute Gasteiger partial charge is 0.255 e. The summed E-state index contributed by atoms with van der Waals surface area (Å²) in [5.41, 5.74) is 2.31. The number of hydrogen-bond donors (Lipinski definition) is 1. The Bertz CT molecular complexity index is 989. The molecule has 3 aromatic rings. The Kier molecular flexibility index (Phi) is 5.00. The Morgan fingerprint density at radius 3 is 2.74 bits per heavy atom. The van der Waals surface area contributed by atoms with Crippen LogP contribution in [0.4, 0.5) is 5.95 Å². The third-order valence-corrected chi connectivity index (χ3v) is 5.21. The highest BCUT2D eigenvalue weighted by Crippen LogP contribution is 2.23. The Hall–Kier alpha value is -2.58. The van der Waals surface area contributed by atoms with Crippen molar-refractivity contribution in [1.82, 2.24) is 24.8 Å². The van der Waals surface area contributed by atoms with Crippen LogP contribution in [0.3, 0.4) is 0 Å². The number of piperazine rings is 1. The van der Waals surface area contributed by atoms with Crippen LogP contribution < -0.4 is 15.8 Å². The number of halogens is 1. The number of nitrogens with one attached hydrogen (secondary N) is 1. The maximum absolute atomic E-state index is 12.5. The van der Waals surface area contributed by atoms with E-state index in [2.05, 4.69) is 48.2 Å². The van der Waals surface area contributed by atoms with Crippen LogP contribution in [-0.4, -0.2) is 39.2 Å². The minimum Gasteiger partial charge on any atom is -0.339 e. The van der Waals surface area contributed by atoms with Gasteiger partial charge in [-0.05, 0) is 23.8 Å². The molecule has 4 rings (SSSR count). The molecule has 1 aromatic carbocycles. The lowest BCUT2D eigenvalue weighted by atomic mass is 10.0. The molecular formula is C19H19BrN6O. The first-order chi connectivity index (χ1) is 13.1. The monoisotopic (exact) mass is 426 g/mol. The minimum absolute atomic E-state index is 0.104. The van der Waals surface area contributed by atoms with Gasteiger partial charge in [0, 0.05) is 49.5 Å². The van der Waals surface area contributed by atoms with Crippen LogP contribution >= 0.6 is 15.9 Å². The Balaban J connectivity index is 1.67. The second-order valence-electron chi connectivity index (χ2n) is 6.44. The molecule has 0 amide bonds. The van der Waals surface area contributed by atoms with E-state index in [1.807, 2.05) is 12.1 Å². The van der Waals surface area contributed by atoms with Crippen molar-refractivity contribution in [3.63, 3.8) is 0 Å². The van der Waals surface area contributed by atoms with Crippen LogP contribution in [0.25, 0.3) is 11.4 Å². The van der Waals surface area contributed by atoms with E-state index in [9.17, 15) is 4.79 Å². The molecule has 0 saturated carbocycles. The van der Waals surface area contributed by atoms with Crippen molar-refractivity contribution in [2.24, 2.45) is 7.05 Å². The van der Waals surface area contributed by atoms with Gasteiger partial charge in [0.1, 0.15) is 6.33 Å². The molecule has 1 atom stereocenters. The Labute approximate surface area is 165 Å². The largest absolute Gasteiger partial charge is 0.339 e. The summed E-state index contributed by atoms with van der Waals surface area (Å²) in [4.78, 5) is 27.5. The molecule has 1 fully saturated rings. The van der Waals surface area contributed by atoms with Crippen molar-refractivity contribution in [1.29, 1.82) is 0 Å². The summed E-state index contributed by atoms with van der Waals surface area (Å²) in [7, 11) is 1.76. The summed E-state index contributed by atoms with van der Waals surface area (Å²) in [6, 6.07) is 11.7. The van der Waals surface area contributed by atoms with Crippen LogP contribution in [0.5, 0.6) is 0 Å². The van der Waals surface area contributed by atoms with E-state index >= 15 is 0 Å². The van der Waals surface area contributed by atoms with Crippen molar-refractivity contribution >= 4 is 21.9 Å². The number of benzene rings is 1. The van der Waals surface area contributed by atoms with E-state index in [0.29, 0.717) is 17.3 Å². The SMILES string of the molecule is Cn1c(N2CCNC(c3ccc(Br)cc3)C2)nc(-c2ccncn2)cc1=O. The molecule has 0 spiro atoms. The van der Waals surface area contributed by atoms with Gasteiger partial charge in [-0.25, -0.2) is 15.0 Å². The fourth-order valence-corrected chi connectivity index (χ4v) is 3.50. The molecule has 0 radical (unpaired) electrons. The van der Waals surface area contributed by atoms with Crippen LogP contribution in [0, 0.1) is 0 Å². The summed E-state index contributed by atoms with van der Waals surface area (Å²) in [5.74, 6) is 0.653. The van der Waals surface area contributed by atoms with E-state index in [-0.39, 0.29) is 11.6 Å².